The first-order chi connectivity index (χ1) is 6.83. The minimum absolute atomic E-state index is 0.230. The van der Waals surface area contributed by atoms with E-state index in [9.17, 15) is 0 Å². The van der Waals surface area contributed by atoms with Crippen LogP contribution in [0.1, 0.15) is 12.8 Å². The summed E-state index contributed by atoms with van der Waals surface area (Å²) < 4.78 is 10.4. The summed E-state index contributed by atoms with van der Waals surface area (Å²) in [5.41, 5.74) is 5.98. The van der Waals surface area contributed by atoms with Crippen molar-refractivity contribution in [3.8, 4) is 0 Å². The Hall–Kier alpha value is -0.160. The van der Waals surface area contributed by atoms with Crippen molar-refractivity contribution in [2.45, 2.75) is 18.9 Å². The van der Waals surface area contributed by atoms with Gasteiger partial charge in [-0.1, -0.05) is 0 Å². The number of nitrogens with two attached hydrogens (primary N) is 1. The Kier molecular flexibility index (Phi) is 6.10. The lowest BCUT2D eigenvalue weighted by atomic mass is 10.2. The number of ether oxygens (including phenoxy) is 2. The second-order valence-corrected chi connectivity index (χ2v) is 3.81. The van der Waals surface area contributed by atoms with Gasteiger partial charge in [-0.15, -0.1) is 0 Å². The predicted octanol–water partition coefficient (Wildman–Crippen LogP) is 0.0725. The van der Waals surface area contributed by atoms with Crippen LogP contribution in [0, 0.1) is 0 Å². The van der Waals surface area contributed by atoms with Gasteiger partial charge < -0.3 is 15.2 Å². The first-order valence-corrected chi connectivity index (χ1v) is 5.37. The van der Waals surface area contributed by atoms with Crippen molar-refractivity contribution in [2.75, 3.05) is 46.6 Å². The van der Waals surface area contributed by atoms with Crippen LogP contribution in [0.15, 0.2) is 0 Å². The lowest BCUT2D eigenvalue weighted by Gasteiger charge is -2.22. The third-order valence-corrected chi connectivity index (χ3v) is 2.50. The molecule has 0 aromatic carbocycles. The van der Waals surface area contributed by atoms with Gasteiger partial charge in [-0.3, -0.25) is 4.90 Å². The van der Waals surface area contributed by atoms with Crippen molar-refractivity contribution in [1.29, 1.82) is 0 Å². The van der Waals surface area contributed by atoms with E-state index in [2.05, 4.69) is 4.90 Å². The van der Waals surface area contributed by atoms with Crippen molar-refractivity contribution in [2.24, 2.45) is 5.73 Å². The Labute approximate surface area is 86.3 Å². The normalized spacial score (nSPS) is 21.9. The summed E-state index contributed by atoms with van der Waals surface area (Å²) in [4.78, 5) is 2.38. The van der Waals surface area contributed by atoms with Gasteiger partial charge in [0.25, 0.3) is 0 Å². The molecule has 0 aromatic rings. The summed E-state index contributed by atoms with van der Waals surface area (Å²) in [6.45, 7) is 5.58. The largest absolute Gasteiger partial charge is 0.385 e. The van der Waals surface area contributed by atoms with Crippen LogP contribution in [0.3, 0.4) is 0 Å². The molecule has 1 fully saturated rings. The van der Waals surface area contributed by atoms with E-state index in [0.717, 1.165) is 52.3 Å². The second-order valence-electron chi connectivity index (χ2n) is 3.81. The number of rotatable bonds is 5. The molecule has 0 aromatic heterocycles. The zero-order chi connectivity index (χ0) is 10.2. The Morgan fingerprint density at radius 1 is 1.43 bits per heavy atom. The second kappa shape index (κ2) is 7.17. The van der Waals surface area contributed by atoms with Gasteiger partial charge >= 0.3 is 0 Å². The third kappa shape index (κ3) is 4.91. The molecule has 84 valence electrons. The molecule has 1 heterocycles. The van der Waals surface area contributed by atoms with E-state index in [-0.39, 0.29) is 6.04 Å². The number of hydrogen-bond acceptors (Lipinski definition) is 4. The van der Waals surface area contributed by atoms with Gasteiger partial charge in [0.2, 0.25) is 0 Å². The van der Waals surface area contributed by atoms with E-state index in [4.69, 9.17) is 15.2 Å². The summed E-state index contributed by atoms with van der Waals surface area (Å²) in [5, 5.41) is 0. The Balaban J connectivity index is 2.13. The molecule has 0 spiro atoms. The van der Waals surface area contributed by atoms with Crippen LogP contribution in [0.4, 0.5) is 0 Å². The highest BCUT2D eigenvalue weighted by atomic mass is 16.5. The first kappa shape index (κ1) is 11.9. The topological polar surface area (TPSA) is 47.7 Å². The van der Waals surface area contributed by atoms with E-state index in [1.165, 1.54) is 0 Å². The maximum absolute atomic E-state index is 5.98. The molecule has 2 N–H and O–H groups in total. The molecule has 0 aliphatic carbocycles. The van der Waals surface area contributed by atoms with Crippen LogP contribution < -0.4 is 5.73 Å². The lowest BCUT2D eigenvalue weighted by molar-refractivity contribution is 0.138. The van der Waals surface area contributed by atoms with E-state index in [0.29, 0.717) is 0 Å². The highest BCUT2D eigenvalue weighted by Gasteiger charge is 2.12. The van der Waals surface area contributed by atoms with Gasteiger partial charge in [-0.05, 0) is 12.8 Å². The molecule has 0 amide bonds. The molecule has 4 nitrogen and oxygen atoms in total. The summed E-state index contributed by atoms with van der Waals surface area (Å²) in [7, 11) is 1.71. The fraction of sp³-hybridized carbons (Fsp3) is 1.00. The Morgan fingerprint density at radius 2 is 2.29 bits per heavy atom. The molecule has 1 rings (SSSR count). The zero-order valence-corrected chi connectivity index (χ0v) is 9.08. The molecule has 1 aliphatic heterocycles. The maximum atomic E-state index is 5.98. The fourth-order valence-electron chi connectivity index (χ4n) is 1.67. The Morgan fingerprint density at radius 3 is 3.07 bits per heavy atom. The first-order valence-electron chi connectivity index (χ1n) is 5.37. The smallest absolute Gasteiger partial charge is 0.0593 e. The molecular formula is C10H22N2O2. The standard InChI is InChI=1S/C10H22N2O2/c1-13-7-3-10(11)9-12-4-2-6-14-8-5-12/h10H,2-9,11H2,1H3. The van der Waals surface area contributed by atoms with Crippen molar-refractivity contribution in [3.63, 3.8) is 0 Å². The SMILES string of the molecule is COCCC(N)CN1CCCOCC1. The minimum Gasteiger partial charge on any atom is -0.385 e. The molecule has 0 bridgehead atoms. The lowest BCUT2D eigenvalue weighted by Crippen LogP contribution is -2.39. The van der Waals surface area contributed by atoms with Gasteiger partial charge in [-0.2, -0.15) is 0 Å². The molecule has 14 heavy (non-hydrogen) atoms. The zero-order valence-electron chi connectivity index (χ0n) is 9.08. The van der Waals surface area contributed by atoms with Crippen molar-refractivity contribution in [1.82, 2.24) is 4.90 Å². The fourth-order valence-corrected chi connectivity index (χ4v) is 1.67. The maximum Gasteiger partial charge on any atom is 0.0593 e. The van der Waals surface area contributed by atoms with Crippen LogP contribution >= 0.6 is 0 Å². The highest BCUT2D eigenvalue weighted by Crippen LogP contribution is 2.01. The molecular weight excluding hydrogens is 180 g/mol. The van der Waals surface area contributed by atoms with Crippen LogP contribution in [0.5, 0.6) is 0 Å². The summed E-state index contributed by atoms with van der Waals surface area (Å²) in [5.74, 6) is 0. The van der Waals surface area contributed by atoms with Gasteiger partial charge in [0, 0.05) is 46.0 Å². The van der Waals surface area contributed by atoms with Gasteiger partial charge in [0.05, 0.1) is 6.61 Å². The van der Waals surface area contributed by atoms with Gasteiger partial charge in [-0.25, -0.2) is 0 Å². The predicted molar refractivity (Wildman–Crippen MR) is 56.3 cm³/mol. The molecule has 1 atom stereocenters. The molecule has 0 saturated carbocycles. The van der Waals surface area contributed by atoms with Gasteiger partial charge in [0.1, 0.15) is 0 Å². The van der Waals surface area contributed by atoms with Crippen LogP contribution in [-0.4, -0.2) is 57.5 Å². The minimum atomic E-state index is 0.230. The van der Waals surface area contributed by atoms with Crippen LogP contribution in [0.25, 0.3) is 0 Å². The molecule has 4 heteroatoms. The number of nitrogens with zero attached hydrogens (tertiary/aromatic N) is 1. The van der Waals surface area contributed by atoms with Crippen molar-refractivity contribution in [3.05, 3.63) is 0 Å². The van der Waals surface area contributed by atoms with Gasteiger partial charge in [0.15, 0.2) is 0 Å². The molecule has 1 unspecified atom stereocenters. The number of hydrogen-bond donors (Lipinski definition) is 1. The average Bonchev–Trinajstić information content (AvgIpc) is 2.43. The van der Waals surface area contributed by atoms with Crippen molar-refractivity contribution < 1.29 is 9.47 Å². The van der Waals surface area contributed by atoms with E-state index in [1.807, 2.05) is 0 Å². The monoisotopic (exact) mass is 202 g/mol. The summed E-state index contributed by atoms with van der Waals surface area (Å²) >= 11 is 0. The van der Waals surface area contributed by atoms with E-state index >= 15 is 0 Å². The van der Waals surface area contributed by atoms with Crippen molar-refractivity contribution >= 4 is 0 Å². The van der Waals surface area contributed by atoms with Crippen LogP contribution in [0.2, 0.25) is 0 Å². The summed E-state index contributed by atoms with van der Waals surface area (Å²) in [6, 6.07) is 0.230. The number of methoxy groups -OCH3 is 1. The average molecular weight is 202 g/mol. The molecule has 1 saturated heterocycles. The Bertz CT molecular complexity index is 136. The molecule has 1 aliphatic rings. The summed E-state index contributed by atoms with van der Waals surface area (Å²) in [6.07, 6.45) is 2.06. The van der Waals surface area contributed by atoms with E-state index < -0.39 is 0 Å². The van der Waals surface area contributed by atoms with Crippen LogP contribution in [-0.2, 0) is 9.47 Å². The third-order valence-electron chi connectivity index (χ3n) is 2.50. The highest BCUT2D eigenvalue weighted by molar-refractivity contribution is 4.69. The molecule has 0 radical (unpaired) electrons. The quantitative estimate of drug-likeness (QED) is 0.685. The van der Waals surface area contributed by atoms with E-state index in [1.54, 1.807) is 7.11 Å².